The number of benzene rings is 2. The van der Waals surface area contributed by atoms with Crippen molar-refractivity contribution in [2.24, 2.45) is 0 Å². The van der Waals surface area contributed by atoms with Gasteiger partial charge >= 0.3 is 0 Å². The number of hydrogen-bond acceptors (Lipinski definition) is 2. The number of para-hydroxylation sites is 1. The highest BCUT2D eigenvalue weighted by molar-refractivity contribution is 9.10. The van der Waals surface area contributed by atoms with Gasteiger partial charge in [0.2, 0.25) is 0 Å². The summed E-state index contributed by atoms with van der Waals surface area (Å²) in [5, 5.41) is 1.14. The summed E-state index contributed by atoms with van der Waals surface area (Å²) in [5.41, 5.74) is 2.08. The summed E-state index contributed by atoms with van der Waals surface area (Å²) in [6.07, 6.45) is 1.86. The molecule has 2 aromatic carbocycles. The topological polar surface area (TPSA) is 22.1 Å². The molecule has 3 heteroatoms. The molecular formula is C16H12BrNO. The van der Waals surface area contributed by atoms with E-state index in [-0.39, 0.29) is 0 Å². The third kappa shape index (κ3) is 2.93. The molecule has 0 radical (unpaired) electrons. The molecular weight excluding hydrogens is 302 g/mol. The van der Waals surface area contributed by atoms with E-state index >= 15 is 0 Å². The number of ether oxygens (including phenoxy) is 1. The number of fused-ring (bicyclic) bond motifs is 1. The molecule has 0 bridgehead atoms. The van der Waals surface area contributed by atoms with E-state index in [9.17, 15) is 0 Å². The zero-order valence-corrected chi connectivity index (χ0v) is 11.8. The molecule has 0 unspecified atom stereocenters. The smallest absolute Gasteiger partial charge is 0.120 e. The van der Waals surface area contributed by atoms with Crippen molar-refractivity contribution in [3.05, 3.63) is 70.8 Å². The van der Waals surface area contributed by atoms with Gasteiger partial charge in [-0.15, -0.1) is 0 Å². The fourth-order valence-corrected chi connectivity index (χ4v) is 2.30. The molecule has 1 aromatic heterocycles. The van der Waals surface area contributed by atoms with Crippen molar-refractivity contribution in [2.45, 2.75) is 6.61 Å². The lowest BCUT2D eigenvalue weighted by Gasteiger charge is -2.07. The monoisotopic (exact) mass is 313 g/mol. The quantitative estimate of drug-likeness (QED) is 0.706. The van der Waals surface area contributed by atoms with E-state index < -0.39 is 0 Å². The Balaban J connectivity index is 1.78. The average Bonchev–Trinajstić information content (AvgIpc) is 2.45. The highest BCUT2D eigenvalue weighted by Gasteiger charge is 1.99. The van der Waals surface area contributed by atoms with Crippen LogP contribution in [-0.4, -0.2) is 4.98 Å². The maximum atomic E-state index is 5.75. The predicted molar refractivity (Wildman–Crippen MR) is 80.2 cm³/mol. The van der Waals surface area contributed by atoms with E-state index in [1.54, 1.807) is 0 Å². The minimum Gasteiger partial charge on any atom is -0.489 e. The maximum absolute atomic E-state index is 5.75. The first-order valence-corrected chi connectivity index (χ1v) is 6.82. The second-order valence-corrected chi connectivity index (χ2v) is 5.20. The fraction of sp³-hybridized carbons (Fsp3) is 0.0625. The van der Waals surface area contributed by atoms with Crippen LogP contribution in [0.25, 0.3) is 10.9 Å². The zero-order valence-electron chi connectivity index (χ0n) is 10.2. The molecule has 2 nitrogen and oxygen atoms in total. The Bertz CT molecular complexity index is 712. The number of halogens is 1. The summed E-state index contributed by atoms with van der Waals surface area (Å²) in [5.74, 6) is 0.850. The molecule has 94 valence electrons. The van der Waals surface area contributed by atoms with Crippen LogP contribution in [-0.2, 0) is 6.61 Å². The number of aromatic nitrogens is 1. The van der Waals surface area contributed by atoms with E-state index in [1.807, 2.05) is 48.7 Å². The van der Waals surface area contributed by atoms with Crippen LogP contribution >= 0.6 is 15.9 Å². The highest BCUT2D eigenvalue weighted by Crippen LogP contribution is 2.19. The van der Waals surface area contributed by atoms with Gasteiger partial charge in [0.05, 0.1) is 5.52 Å². The van der Waals surface area contributed by atoms with Crippen LogP contribution in [0.2, 0.25) is 0 Å². The number of rotatable bonds is 3. The Morgan fingerprint density at radius 1 is 1.00 bits per heavy atom. The third-order valence-corrected chi connectivity index (χ3v) is 3.34. The number of nitrogens with zero attached hydrogens (tertiary/aromatic N) is 1. The Labute approximate surface area is 120 Å². The Morgan fingerprint density at radius 3 is 2.79 bits per heavy atom. The van der Waals surface area contributed by atoms with Crippen molar-refractivity contribution < 1.29 is 4.74 Å². The molecule has 0 atom stereocenters. The lowest BCUT2D eigenvalue weighted by Crippen LogP contribution is -1.96. The zero-order chi connectivity index (χ0) is 13.1. The van der Waals surface area contributed by atoms with Crippen LogP contribution in [0.4, 0.5) is 0 Å². The van der Waals surface area contributed by atoms with Gasteiger partial charge in [0.25, 0.3) is 0 Å². The van der Waals surface area contributed by atoms with Gasteiger partial charge in [-0.2, -0.15) is 0 Å². The van der Waals surface area contributed by atoms with Gasteiger partial charge in [0, 0.05) is 21.6 Å². The van der Waals surface area contributed by atoms with Gasteiger partial charge in [-0.1, -0.05) is 40.2 Å². The van der Waals surface area contributed by atoms with Crippen molar-refractivity contribution >= 4 is 26.8 Å². The first kappa shape index (κ1) is 12.2. The first-order valence-electron chi connectivity index (χ1n) is 6.03. The molecule has 0 aliphatic rings. The standard InChI is InChI=1S/C16H12BrNO/c17-14-5-3-6-15(9-14)19-11-12-8-13-4-1-2-7-16(13)18-10-12/h1-10H,11H2. The molecule has 0 spiro atoms. The summed E-state index contributed by atoms with van der Waals surface area (Å²) >= 11 is 3.43. The van der Waals surface area contributed by atoms with E-state index in [2.05, 4.69) is 33.0 Å². The number of hydrogen-bond donors (Lipinski definition) is 0. The second kappa shape index (κ2) is 5.41. The van der Waals surface area contributed by atoms with Gasteiger partial charge in [0.1, 0.15) is 12.4 Å². The molecule has 0 aliphatic heterocycles. The molecule has 0 fully saturated rings. The molecule has 0 saturated carbocycles. The van der Waals surface area contributed by atoms with Crippen molar-refractivity contribution in [1.82, 2.24) is 4.98 Å². The lowest BCUT2D eigenvalue weighted by molar-refractivity contribution is 0.306. The molecule has 0 amide bonds. The van der Waals surface area contributed by atoms with Gasteiger partial charge in [-0.05, 0) is 30.3 Å². The van der Waals surface area contributed by atoms with Crippen LogP contribution in [0.3, 0.4) is 0 Å². The SMILES string of the molecule is Brc1cccc(OCc2cnc3ccccc3c2)c1. The van der Waals surface area contributed by atoms with Gasteiger partial charge in [-0.25, -0.2) is 0 Å². The minimum atomic E-state index is 0.522. The van der Waals surface area contributed by atoms with Crippen molar-refractivity contribution in [2.75, 3.05) is 0 Å². The van der Waals surface area contributed by atoms with E-state index in [0.29, 0.717) is 6.61 Å². The third-order valence-electron chi connectivity index (χ3n) is 2.85. The summed E-state index contributed by atoms with van der Waals surface area (Å²) in [6.45, 7) is 0.522. The summed E-state index contributed by atoms with van der Waals surface area (Å²) < 4.78 is 6.77. The normalized spacial score (nSPS) is 10.6. The Kier molecular flexibility index (Phi) is 3.47. The minimum absolute atomic E-state index is 0.522. The highest BCUT2D eigenvalue weighted by atomic mass is 79.9. The lowest BCUT2D eigenvalue weighted by atomic mass is 10.2. The van der Waals surface area contributed by atoms with Crippen LogP contribution < -0.4 is 4.74 Å². The van der Waals surface area contributed by atoms with Gasteiger partial charge in [-0.3, -0.25) is 4.98 Å². The first-order chi connectivity index (χ1) is 9.31. The molecule has 0 saturated heterocycles. The van der Waals surface area contributed by atoms with Crippen LogP contribution in [0.15, 0.2) is 65.3 Å². The van der Waals surface area contributed by atoms with Crippen LogP contribution in [0.1, 0.15) is 5.56 Å². The summed E-state index contributed by atoms with van der Waals surface area (Å²) in [6, 6.07) is 18.0. The average molecular weight is 314 g/mol. The van der Waals surface area contributed by atoms with Crippen LogP contribution in [0, 0.1) is 0 Å². The Morgan fingerprint density at radius 2 is 1.89 bits per heavy atom. The Hall–Kier alpha value is -1.87. The largest absolute Gasteiger partial charge is 0.489 e. The van der Waals surface area contributed by atoms with E-state index in [0.717, 1.165) is 26.7 Å². The van der Waals surface area contributed by atoms with Crippen molar-refractivity contribution in [1.29, 1.82) is 0 Å². The summed E-state index contributed by atoms with van der Waals surface area (Å²) in [4.78, 5) is 4.42. The van der Waals surface area contributed by atoms with Crippen molar-refractivity contribution in [3.63, 3.8) is 0 Å². The predicted octanol–water partition coefficient (Wildman–Crippen LogP) is 4.58. The molecule has 3 aromatic rings. The summed E-state index contributed by atoms with van der Waals surface area (Å²) in [7, 11) is 0. The maximum Gasteiger partial charge on any atom is 0.120 e. The van der Waals surface area contributed by atoms with Crippen molar-refractivity contribution in [3.8, 4) is 5.75 Å². The molecule has 1 heterocycles. The fourth-order valence-electron chi connectivity index (χ4n) is 1.92. The van der Waals surface area contributed by atoms with E-state index in [1.165, 1.54) is 0 Å². The van der Waals surface area contributed by atoms with Gasteiger partial charge < -0.3 is 4.74 Å². The second-order valence-electron chi connectivity index (χ2n) is 4.28. The molecule has 3 rings (SSSR count). The number of pyridine rings is 1. The molecule has 19 heavy (non-hydrogen) atoms. The van der Waals surface area contributed by atoms with E-state index in [4.69, 9.17) is 4.74 Å². The van der Waals surface area contributed by atoms with Gasteiger partial charge in [0.15, 0.2) is 0 Å². The molecule has 0 aliphatic carbocycles. The van der Waals surface area contributed by atoms with Crippen LogP contribution in [0.5, 0.6) is 5.75 Å². The molecule has 0 N–H and O–H groups in total.